The van der Waals surface area contributed by atoms with Crippen LogP contribution in [0.5, 0.6) is 5.75 Å². The second-order valence-corrected chi connectivity index (χ2v) is 6.10. The first-order chi connectivity index (χ1) is 14.1. The van der Waals surface area contributed by atoms with Crippen LogP contribution in [0.25, 0.3) is 6.08 Å². The van der Waals surface area contributed by atoms with Gasteiger partial charge in [0, 0.05) is 6.08 Å². The van der Waals surface area contributed by atoms with Gasteiger partial charge < -0.3 is 4.74 Å². The first-order valence-corrected chi connectivity index (χ1v) is 8.91. The third-order valence-corrected chi connectivity index (χ3v) is 3.95. The van der Waals surface area contributed by atoms with Gasteiger partial charge in [0.1, 0.15) is 18.2 Å². The van der Waals surface area contributed by atoms with Crippen LogP contribution in [0.2, 0.25) is 0 Å². The Morgan fingerprint density at radius 3 is 2.45 bits per heavy atom. The summed E-state index contributed by atoms with van der Waals surface area (Å²) in [6.07, 6.45) is 2.85. The maximum atomic E-state index is 13.5. The number of hydrogen-bond donors (Lipinski definition) is 2. The van der Waals surface area contributed by atoms with Gasteiger partial charge in [-0.05, 0) is 41.5 Å². The minimum atomic E-state index is -0.735. The van der Waals surface area contributed by atoms with Gasteiger partial charge in [0.15, 0.2) is 0 Å². The summed E-state index contributed by atoms with van der Waals surface area (Å²) in [5.41, 5.74) is 6.04. The topological polar surface area (TPSA) is 67.4 Å². The van der Waals surface area contributed by atoms with Crippen molar-refractivity contribution >= 4 is 17.9 Å². The molecule has 2 amide bonds. The molecule has 0 bridgehead atoms. The molecule has 3 aromatic rings. The quantitative estimate of drug-likeness (QED) is 0.496. The van der Waals surface area contributed by atoms with Crippen LogP contribution in [0.4, 0.5) is 4.39 Å². The second-order valence-electron chi connectivity index (χ2n) is 6.10. The molecule has 0 saturated carbocycles. The molecule has 2 N–H and O–H groups in total. The molecule has 0 fully saturated rings. The van der Waals surface area contributed by atoms with Gasteiger partial charge in [-0.15, -0.1) is 0 Å². The van der Waals surface area contributed by atoms with Gasteiger partial charge >= 0.3 is 0 Å². The van der Waals surface area contributed by atoms with E-state index in [-0.39, 0.29) is 5.56 Å². The average Bonchev–Trinajstić information content (AvgIpc) is 2.76. The van der Waals surface area contributed by atoms with Crippen LogP contribution in [0.1, 0.15) is 21.5 Å². The lowest BCUT2D eigenvalue weighted by molar-refractivity contribution is -0.117. The largest absolute Gasteiger partial charge is 0.489 e. The summed E-state index contributed by atoms with van der Waals surface area (Å²) in [4.78, 5) is 23.8. The molecular weight excluding hydrogens is 371 g/mol. The monoisotopic (exact) mass is 390 g/mol. The second kappa shape index (κ2) is 9.85. The zero-order chi connectivity index (χ0) is 20.5. The molecule has 0 spiro atoms. The predicted molar refractivity (Wildman–Crippen MR) is 108 cm³/mol. The van der Waals surface area contributed by atoms with Crippen LogP contribution in [0.3, 0.4) is 0 Å². The standard InChI is InChI=1S/C23H19FN2O3/c24-21-12-5-4-11-20(21)23(28)26-25-22(27)14-13-17-9-6-10-19(15-17)29-16-18-7-2-1-3-8-18/h1-15H,16H2,(H,25,27)(H,26,28)/b14-13+. The average molecular weight is 390 g/mol. The summed E-state index contributed by atoms with van der Waals surface area (Å²) < 4.78 is 19.3. The van der Waals surface area contributed by atoms with E-state index < -0.39 is 17.6 Å². The Morgan fingerprint density at radius 2 is 1.66 bits per heavy atom. The Kier molecular flexibility index (Phi) is 6.73. The maximum Gasteiger partial charge on any atom is 0.272 e. The molecule has 0 aliphatic heterocycles. The van der Waals surface area contributed by atoms with Crippen molar-refractivity contribution in [1.29, 1.82) is 0 Å². The van der Waals surface area contributed by atoms with Gasteiger partial charge in [0.05, 0.1) is 5.56 Å². The van der Waals surface area contributed by atoms with Gasteiger partial charge in [0.25, 0.3) is 11.8 Å². The first kappa shape index (κ1) is 19.8. The normalized spacial score (nSPS) is 10.5. The maximum absolute atomic E-state index is 13.5. The molecule has 0 aliphatic carbocycles. The SMILES string of the molecule is O=C(/C=C/c1cccc(OCc2ccccc2)c1)NNC(=O)c1ccccc1F. The minimum Gasteiger partial charge on any atom is -0.489 e. The van der Waals surface area contributed by atoms with Crippen LogP contribution in [0.15, 0.2) is 84.9 Å². The molecule has 3 rings (SSSR count). The highest BCUT2D eigenvalue weighted by Gasteiger charge is 2.10. The molecule has 0 aliphatic rings. The minimum absolute atomic E-state index is 0.153. The van der Waals surface area contributed by atoms with Gasteiger partial charge in [-0.1, -0.05) is 54.6 Å². The smallest absolute Gasteiger partial charge is 0.272 e. The fraction of sp³-hybridized carbons (Fsp3) is 0.0435. The molecule has 0 heterocycles. The van der Waals surface area contributed by atoms with Crippen LogP contribution in [-0.2, 0) is 11.4 Å². The van der Waals surface area contributed by atoms with Crippen molar-refractivity contribution < 1.29 is 18.7 Å². The first-order valence-electron chi connectivity index (χ1n) is 8.91. The molecular formula is C23H19FN2O3. The van der Waals surface area contributed by atoms with Gasteiger partial charge in [-0.25, -0.2) is 4.39 Å². The van der Waals surface area contributed by atoms with E-state index in [0.717, 1.165) is 11.1 Å². The third kappa shape index (κ3) is 6.04. The molecule has 6 heteroatoms. The fourth-order valence-corrected chi connectivity index (χ4v) is 2.49. The summed E-state index contributed by atoms with van der Waals surface area (Å²) in [6.45, 7) is 0.441. The van der Waals surface area contributed by atoms with E-state index in [9.17, 15) is 14.0 Å². The number of nitrogens with one attached hydrogen (secondary N) is 2. The number of halogens is 1. The highest BCUT2D eigenvalue weighted by atomic mass is 19.1. The predicted octanol–water partition coefficient (Wildman–Crippen LogP) is 3.88. The van der Waals surface area contributed by atoms with E-state index in [1.54, 1.807) is 12.1 Å². The lowest BCUT2D eigenvalue weighted by atomic mass is 10.2. The van der Waals surface area contributed by atoms with Crippen molar-refractivity contribution in [2.75, 3.05) is 0 Å². The Morgan fingerprint density at radius 1 is 0.897 bits per heavy atom. The number of carbonyl (C=O) groups is 2. The van der Waals surface area contributed by atoms with E-state index in [0.29, 0.717) is 12.4 Å². The van der Waals surface area contributed by atoms with E-state index in [1.807, 2.05) is 48.5 Å². The molecule has 0 saturated heterocycles. The number of carbonyl (C=O) groups excluding carboxylic acids is 2. The fourth-order valence-electron chi connectivity index (χ4n) is 2.49. The zero-order valence-electron chi connectivity index (χ0n) is 15.5. The number of benzene rings is 3. The van der Waals surface area contributed by atoms with Crippen molar-refractivity contribution in [3.05, 3.63) is 107 Å². The van der Waals surface area contributed by atoms with Crippen molar-refractivity contribution in [1.82, 2.24) is 10.9 Å². The third-order valence-electron chi connectivity index (χ3n) is 3.95. The lowest BCUT2D eigenvalue weighted by Crippen LogP contribution is -2.41. The van der Waals surface area contributed by atoms with Crippen LogP contribution in [0, 0.1) is 5.82 Å². The van der Waals surface area contributed by atoms with E-state index in [1.165, 1.54) is 30.3 Å². The number of amides is 2. The number of ether oxygens (including phenoxy) is 1. The van der Waals surface area contributed by atoms with Gasteiger partial charge in [0.2, 0.25) is 0 Å². The summed E-state index contributed by atoms with van der Waals surface area (Å²) in [5, 5.41) is 0. The highest BCUT2D eigenvalue weighted by molar-refractivity contribution is 5.98. The van der Waals surface area contributed by atoms with Crippen molar-refractivity contribution in [2.24, 2.45) is 0 Å². The molecule has 146 valence electrons. The molecule has 29 heavy (non-hydrogen) atoms. The molecule has 0 radical (unpaired) electrons. The number of rotatable bonds is 6. The molecule has 0 atom stereocenters. The lowest BCUT2D eigenvalue weighted by Gasteiger charge is -2.07. The Balaban J connectivity index is 1.52. The van der Waals surface area contributed by atoms with Crippen LogP contribution < -0.4 is 15.6 Å². The van der Waals surface area contributed by atoms with Crippen molar-refractivity contribution in [3.63, 3.8) is 0 Å². The van der Waals surface area contributed by atoms with E-state index >= 15 is 0 Å². The Labute approximate surface area is 167 Å². The number of hydrazine groups is 1. The van der Waals surface area contributed by atoms with Crippen LogP contribution in [-0.4, -0.2) is 11.8 Å². The summed E-state index contributed by atoms with van der Waals surface area (Å²) in [5.74, 6) is -1.28. The van der Waals surface area contributed by atoms with Gasteiger partial charge in [-0.2, -0.15) is 0 Å². The Hall–Kier alpha value is -3.93. The van der Waals surface area contributed by atoms with Crippen molar-refractivity contribution in [3.8, 4) is 5.75 Å². The van der Waals surface area contributed by atoms with Crippen molar-refractivity contribution in [2.45, 2.75) is 6.61 Å². The molecule has 5 nitrogen and oxygen atoms in total. The Bertz CT molecular complexity index is 1020. The summed E-state index contributed by atoms with van der Waals surface area (Å²) >= 11 is 0. The zero-order valence-corrected chi connectivity index (χ0v) is 15.5. The summed E-state index contributed by atoms with van der Waals surface area (Å²) in [6, 6.07) is 22.6. The molecule has 0 aromatic heterocycles. The highest BCUT2D eigenvalue weighted by Crippen LogP contribution is 2.16. The molecule has 0 unspecified atom stereocenters. The van der Waals surface area contributed by atoms with Crippen LogP contribution >= 0.6 is 0 Å². The number of hydrogen-bond acceptors (Lipinski definition) is 3. The van der Waals surface area contributed by atoms with Gasteiger partial charge in [-0.3, -0.25) is 20.4 Å². The molecule has 3 aromatic carbocycles. The van der Waals surface area contributed by atoms with E-state index in [2.05, 4.69) is 10.9 Å². The summed E-state index contributed by atoms with van der Waals surface area (Å²) in [7, 11) is 0. The van der Waals surface area contributed by atoms with E-state index in [4.69, 9.17) is 4.74 Å².